The summed E-state index contributed by atoms with van der Waals surface area (Å²) >= 11 is 0. The highest BCUT2D eigenvalue weighted by molar-refractivity contribution is 6.22. The normalized spacial score (nSPS) is 25.6. The number of fused-ring (bicyclic) bond motifs is 2. The lowest BCUT2D eigenvalue weighted by Gasteiger charge is -2.38. The number of esters is 1. The van der Waals surface area contributed by atoms with Gasteiger partial charge < -0.3 is 64.1 Å². The van der Waals surface area contributed by atoms with Gasteiger partial charge in [-0.3, -0.25) is 43.3 Å². The Hall–Kier alpha value is -9.46. The van der Waals surface area contributed by atoms with E-state index in [0.717, 1.165) is 22.6 Å². The van der Waals surface area contributed by atoms with E-state index in [4.69, 9.17) is 33.1 Å². The average Bonchev–Trinajstić information content (AvgIpc) is 1.37. The zero-order chi connectivity index (χ0) is 66.6. The minimum atomic E-state index is -2.14. The molecule has 7 N–H and O–H groups in total. The molecule has 25 nitrogen and oxygen atoms in total. The summed E-state index contributed by atoms with van der Waals surface area (Å²) in [6.07, 6.45) is 7.13. The number of methoxy groups -OCH3 is 1. The number of piperidine rings is 1. The van der Waals surface area contributed by atoms with Gasteiger partial charge in [-0.15, -0.1) is 0 Å². The molecule has 3 aromatic carbocycles. The van der Waals surface area contributed by atoms with Gasteiger partial charge in [-0.1, -0.05) is 45.9 Å². The number of aliphatic hydroxyl groups is 2. The molecule has 0 spiro atoms. The van der Waals surface area contributed by atoms with Crippen molar-refractivity contribution >= 4 is 80.2 Å². The number of phenols is 2. The predicted octanol–water partition coefficient (Wildman–Crippen LogP) is 6.75. The maximum atomic E-state index is 15.1. The lowest BCUT2D eigenvalue weighted by molar-refractivity contribution is -0.160. The molecule has 1 aliphatic carbocycles. The molecular weight excluding hydrogens is 1190 g/mol. The summed E-state index contributed by atoms with van der Waals surface area (Å²) in [6.45, 7) is 15.2. The number of hydrazone groups is 1. The van der Waals surface area contributed by atoms with Gasteiger partial charge in [0, 0.05) is 130 Å². The van der Waals surface area contributed by atoms with Crippen LogP contribution in [0.2, 0.25) is 0 Å². The molecular formula is C67H77N7O18. The number of hydrogen-bond acceptors (Lipinski definition) is 21. The van der Waals surface area contributed by atoms with Crippen molar-refractivity contribution < 1.29 is 82.1 Å². The standard InChI is InChI=1S/C67H77N7O18/c1-33-13-11-14-34(2)66(86)70-57-61(84)53-52(54-63(38(6)60(53)83)92-67(9,65(54)85)89-30-25-46(87-10)35(3)62(90-40(8)75)37(5)59(82)36(4)58(33)81)56-64(57)91-47-32-43(31-45(76)55(47)69-56)73-26-22-42(23-27-73)68-48(77)15-12-29-88-44-18-16-41(17-19-44)39(7)71-72-49(78)24-28-74-50(79)20-21-51(74)80/h11,13-14,16-21,25,30-33,35-37,42,46,58-59,62,76,81-83H,12,15,22-24,26-29H2,1-10H3,(H,68,77)(H,70,86)(H,72,78)/b13-11+,30-25+,34-14-,71-39+/t33-,35+,36+,37+,46-,58-,59+,62+,67-/m0/s1. The number of ketones is 1. The molecule has 1 fully saturated rings. The summed E-state index contributed by atoms with van der Waals surface area (Å²) in [7, 11) is 1.42. The maximum absolute atomic E-state index is 15.1. The monoisotopic (exact) mass is 1270 g/mol. The summed E-state index contributed by atoms with van der Waals surface area (Å²) < 4.78 is 36.4. The van der Waals surface area contributed by atoms with Crippen molar-refractivity contribution in [3.05, 3.63) is 112 Å². The van der Waals surface area contributed by atoms with Crippen molar-refractivity contribution in [3.63, 3.8) is 0 Å². The van der Waals surface area contributed by atoms with Gasteiger partial charge in [0.15, 0.2) is 11.3 Å². The lowest BCUT2D eigenvalue weighted by Crippen LogP contribution is -2.46. The number of aliphatic hydroxyl groups excluding tert-OH is 2. The van der Waals surface area contributed by atoms with E-state index in [1.165, 1.54) is 59.3 Å². The molecule has 92 heavy (non-hydrogen) atoms. The molecule has 488 valence electrons. The number of aromatic hydroxyl groups is 2. The third kappa shape index (κ3) is 14.0. The number of amides is 5. The van der Waals surface area contributed by atoms with Gasteiger partial charge in [-0.25, -0.2) is 10.4 Å². The van der Waals surface area contributed by atoms with E-state index in [-0.39, 0.29) is 94.1 Å². The Morgan fingerprint density at radius 1 is 0.880 bits per heavy atom. The number of rotatable bonds is 14. The smallest absolute Gasteiger partial charge is 0.312 e. The van der Waals surface area contributed by atoms with Gasteiger partial charge in [-0.05, 0) is 75.9 Å². The largest absolute Gasteiger partial charge is 0.507 e. The molecule has 5 aliphatic heterocycles. The summed E-state index contributed by atoms with van der Waals surface area (Å²) in [5, 5.41) is 56.3. The van der Waals surface area contributed by atoms with E-state index in [0.29, 0.717) is 49.5 Å². The second kappa shape index (κ2) is 28.0. The first-order valence-corrected chi connectivity index (χ1v) is 30.5. The molecule has 0 unspecified atom stereocenters. The molecule has 3 aromatic rings. The van der Waals surface area contributed by atoms with Crippen molar-refractivity contribution in [2.45, 2.75) is 131 Å². The molecule has 1 saturated heterocycles. The number of aromatic nitrogens is 1. The number of imide groups is 1. The number of nitrogens with one attached hydrogen (secondary N) is 3. The van der Waals surface area contributed by atoms with E-state index < -0.39 is 112 Å². The van der Waals surface area contributed by atoms with Crippen LogP contribution in [-0.4, -0.2) is 147 Å². The van der Waals surface area contributed by atoms with Gasteiger partial charge in [-0.2, -0.15) is 5.10 Å². The van der Waals surface area contributed by atoms with Crippen molar-refractivity contribution in [2.75, 3.05) is 43.6 Å². The second-order valence-corrected chi connectivity index (χ2v) is 24.0. The Morgan fingerprint density at radius 2 is 1.58 bits per heavy atom. The number of nitrogens with zero attached hydrogens (tertiary/aromatic N) is 4. The fourth-order valence-corrected chi connectivity index (χ4v) is 12.0. The van der Waals surface area contributed by atoms with Crippen molar-refractivity contribution in [2.24, 2.45) is 28.8 Å². The number of phenolic OH excluding ortho intramolecular Hbond substituents is 2. The topological polar surface area (TPSA) is 345 Å². The summed E-state index contributed by atoms with van der Waals surface area (Å²) in [4.78, 5) is 114. The number of allylic oxidation sites excluding steroid dienone is 2. The number of carbonyl (C=O) groups excluding carboxylic acids is 7. The highest BCUT2D eigenvalue weighted by Gasteiger charge is 2.50. The van der Waals surface area contributed by atoms with E-state index in [1.54, 1.807) is 77.1 Å². The second-order valence-electron chi connectivity index (χ2n) is 24.0. The quantitative estimate of drug-likeness (QED) is 0.0115. The van der Waals surface area contributed by atoms with Crippen LogP contribution in [0.1, 0.15) is 109 Å². The van der Waals surface area contributed by atoms with Crippen molar-refractivity contribution in [1.29, 1.82) is 0 Å². The first kappa shape index (κ1) is 66.9. The van der Waals surface area contributed by atoms with Gasteiger partial charge in [0.2, 0.25) is 17.2 Å². The van der Waals surface area contributed by atoms with E-state index >= 15 is 4.79 Å². The third-order valence-corrected chi connectivity index (χ3v) is 17.5. The van der Waals surface area contributed by atoms with Crippen LogP contribution >= 0.6 is 0 Å². The first-order valence-electron chi connectivity index (χ1n) is 30.5. The highest BCUT2D eigenvalue weighted by atomic mass is 16.7. The van der Waals surface area contributed by atoms with Gasteiger partial charge >= 0.3 is 11.8 Å². The molecule has 5 heterocycles. The van der Waals surface area contributed by atoms with Crippen LogP contribution < -0.4 is 35.9 Å². The number of carbonyl (C=O) groups is 7. The molecule has 5 amide bonds. The molecule has 0 radical (unpaired) electrons. The van der Waals surface area contributed by atoms with Crippen LogP contribution in [0, 0.1) is 30.6 Å². The molecule has 25 heteroatoms. The minimum Gasteiger partial charge on any atom is -0.507 e. The number of anilines is 2. The first-order chi connectivity index (χ1) is 43.7. The zero-order valence-corrected chi connectivity index (χ0v) is 52.9. The minimum absolute atomic E-state index is 0.0136. The fourth-order valence-electron chi connectivity index (χ4n) is 12.0. The Bertz CT molecular complexity index is 3900. The number of hydrogen-bond donors (Lipinski definition) is 7. The molecule has 9 atom stereocenters. The van der Waals surface area contributed by atoms with Crippen LogP contribution in [0.3, 0.4) is 0 Å². The van der Waals surface area contributed by atoms with E-state index in [9.17, 15) is 54.0 Å². The fraction of sp³-hybridized carbons (Fsp3) is 0.433. The maximum Gasteiger partial charge on any atom is 0.312 e. The van der Waals surface area contributed by atoms with Gasteiger partial charge in [0.05, 0.1) is 47.8 Å². The van der Waals surface area contributed by atoms with Gasteiger partial charge in [0.1, 0.15) is 46.0 Å². The highest BCUT2D eigenvalue weighted by Crippen LogP contribution is 2.51. The van der Waals surface area contributed by atoms with Crippen molar-refractivity contribution in [3.8, 4) is 34.5 Å². The van der Waals surface area contributed by atoms with Crippen LogP contribution in [0.4, 0.5) is 11.4 Å². The average molecular weight is 1270 g/mol. The van der Waals surface area contributed by atoms with Crippen LogP contribution in [0.5, 0.6) is 23.0 Å². The molecule has 0 saturated carbocycles. The summed E-state index contributed by atoms with van der Waals surface area (Å²) in [5.41, 5.74) is 2.37. The number of Topliss-reactive ketones (excluding diaryl/α,β-unsaturated/α-hetero) is 1. The molecule has 6 aliphatic rings. The number of benzene rings is 4. The summed E-state index contributed by atoms with van der Waals surface area (Å²) in [6, 6.07) is 9.98. The molecule has 9 rings (SSSR count). The Morgan fingerprint density at radius 3 is 2.25 bits per heavy atom. The molecule has 0 aromatic heterocycles. The Balaban J connectivity index is 0.929. The van der Waals surface area contributed by atoms with Crippen LogP contribution in [-0.2, 0) is 43.0 Å². The number of ether oxygens (including phenoxy) is 5. The third-order valence-electron chi connectivity index (χ3n) is 17.5. The summed E-state index contributed by atoms with van der Waals surface area (Å²) in [5.74, 6) is -9.40. The van der Waals surface area contributed by atoms with E-state index in [1.807, 2.05) is 4.90 Å². The van der Waals surface area contributed by atoms with E-state index in [2.05, 4.69) is 21.2 Å². The SMILES string of the molecule is CO[C@H]1/C=C/O[C@@]2(C)Oc3c(C)c(O)c4c(=O)c(c5oc6cc(N7CCC(NC(=O)CCCOc8ccc(/C(C)=N/NC(=O)CCN9C(=O)C=CC9=O)cc8)CC7)cc(O)c6nc-5c4c3C2=O)NC(=O)/C(C)=C\C=C\[C@H](C)[C@H](O)[C@@H](C)[C@@H](O)[C@@H](C)[C@H](OC(C)=O)[C@@H]1C. The van der Waals surface area contributed by atoms with Crippen LogP contribution in [0.25, 0.3) is 33.3 Å². The predicted molar refractivity (Wildman–Crippen MR) is 338 cm³/mol. The van der Waals surface area contributed by atoms with Crippen LogP contribution in [0.15, 0.2) is 99.0 Å². The van der Waals surface area contributed by atoms with Gasteiger partial charge in [0.25, 0.3) is 23.5 Å². The Kier molecular flexibility index (Phi) is 20.3. The molecule has 4 bridgehead atoms. The Labute approximate surface area is 530 Å². The zero-order valence-electron chi connectivity index (χ0n) is 52.9. The van der Waals surface area contributed by atoms with Crippen molar-refractivity contribution in [1.82, 2.24) is 20.6 Å². The lowest BCUT2D eigenvalue weighted by atomic mass is 9.78.